The molecule has 0 unspecified atom stereocenters. The number of carbonyl (C=O) groups excluding carboxylic acids is 2. The van der Waals surface area contributed by atoms with Crippen LogP contribution in [0.5, 0.6) is 11.5 Å². The molecule has 0 amide bonds. The summed E-state index contributed by atoms with van der Waals surface area (Å²) >= 11 is 3.34. The monoisotopic (exact) mass is 362 g/mol. The molecule has 0 bridgehead atoms. The van der Waals surface area contributed by atoms with Crippen LogP contribution in [0.3, 0.4) is 0 Å². The fourth-order valence-electron chi connectivity index (χ4n) is 1.95. The first-order valence-electron chi connectivity index (χ1n) is 6.56. The molecule has 0 saturated heterocycles. The molecular formula is C17H15BrO4. The lowest BCUT2D eigenvalue weighted by Gasteiger charge is -2.07. The van der Waals surface area contributed by atoms with Crippen LogP contribution in [0.4, 0.5) is 0 Å². The van der Waals surface area contributed by atoms with Crippen molar-refractivity contribution >= 4 is 27.5 Å². The van der Waals surface area contributed by atoms with E-state index in [0.717, 1.165) is 5.56 Å². The average Bonchev–Trinajstić information content (AvgIpc) is 2.59. The van der Waals surface area contributed by atoms with Crippen LogP contribution < -0.4 is 9.47 Å². The molecule has 2 aromatic carbocycles. The zero-order valence-corrected chi connectivity index (χ0v) is 13.8. The molecule has 0 atom stereocenters. The summed E-state index contributed by atoms with van der Waals surface area (Å²) < 4.78 is 10.2. The fourth-order valence-corrected chi connectivity index (χ4v) is 2.32. The summed E-state index contributed by atoms with van der Waals surface area (Å²) in [6.07, 6.45) is 0. The Hall–Kier alpha value is -2.14. The minimum Gasteiger partial charge on any atom is -0.497 e. The summed E-state index contributed by atoms with van der Waals surface area (Å²) in [5.74, 6) is -0.226. The van der Waals surface area contributed by atoms with Gasteiger partial charge in [0.2, 0.25) is 11.6 Å². The second-order valence-electron chi connectivity index (χ2n) is 4.59. The summed E-state index contributed by atoms with van der Waals surface area (Å²) in [5, 5.41) is 0.697. The topological polar surface area (TPSA) is 52.6 Å². The first-order valence-corrected chi connectivity index (χ1v) is 7.68. The smallest absolute Gasteiger partial charge is 0.233 e. The predicted octanol–water partition coefficient (Wildman–Crippen LogP) is 3.66. The Kier molecular flexibility index (Phi) is 5.33. The van der Waals surface area contributed by atoms with Crippen LogP contribution in [0.25, 0.3) is 0 Å². The Morgan fingerprint density at radius 3 is 1.82 bits per heavy atom. The van der Waals surface area contributed by atoms with Crippen LogP contribution in [0.1, 0.15) is 26.3 Å². The highest BCUT2D eigenvalue weighted by molar-refractivity contribution is 9.08. The maximum atomic E-state index is 12.4. The Balaban J connectivity index is 2.31. The van der Waals surface area contributed by atoms with Gasteiger partial charge in [-0.25, -0.2) is 0 Å². The number of carbonyl (C=O) groups is 2. The van der Waals surface area contributed by atoms with Gasteiger partial charge in [0.1, 0.15) is 11.5 Å². The van der Waals surface area contributed by atoms with Gasteiger partial charge in [0.25, 0.3) is 0 Å². The van der Waals surface area contributed by atoms with Crippen LogP contribution in [0.2, 0.25) is 0 Å². The van der Waals surface area contributed by atoms with E-state index in [1.54, 1.807) is 30.3 Å². The quantitative estimate of drug-likeness (QED) is 0.447. The fraction of sp³-hybridized carbons (Fsp3) is 0.176. The van der Waals surface area contributed by atoms with Crippen molar-refractivity contribution in [2.45, 2.75) is 5.33 Å². The van der Waals surface area contributed by atoms with Gasteiger partial charge in [-0.15, -0.1) is 0 Å². The molecule has 0 saturated carbocycles. The number of ether oxygens (including phenoxy) is 2. The number of methoxy groups -OCH3 is 2. The summed E-state index contributed by atoms with van der Waals surface area (Å²) in [6.45, 7) is 0. The van der Waals surface area contributed by atoms with E-state index in [9.17, 15) is 9.59 Å². The second kappa shape index (κ2) is 7.22. The largest absolute Gasteiger partial charge is 0.497 e. The Morgan fingerprint density at radius 1 is 0.864 bits per heavy atom. The van der Waals surface area contributed by atoms with E-state index in [-0.39, 0.29) is 5.56 Å². The summed E-state index contributed by atoms with van der Waals surface area (Å²) in [5.41, 5.74) is 1.63. The highest BCUT2D eigenvalue weighted by Gasteiger charge is 2.20. The molecule has 0 N–H and O–H groups in total. The van der Waals surface area contributed by atoms with Gasteiger partial charge in [0.05, 0.1) is 14.2 Å². The van der Waals surface area contributed by atoms with Crippen molar-refractivity contribution in [2.24, 2.45) is 0 Å². The number of benzene rings is 2. The van der Waals surface area contributed by atoms with Gasteiger partial charge in [-0.2, -0.15) is 0 Å². The normalized spacial score (nSPS) is 10.1. The summed E-state index contributed by atoms with van der Waals surface area (Å²) in [7, 11) is 2.98. The van der Waals surface area contributed by atoms with Gasteiger partial charge in [0.15, 0.2) is 0 Å². The third-order valence-electron chi connectivity index (χ3n) is 3.19. The molecule has 4 nitrogen and oxygen atoms in total. The number of hydrogen-bond acceptors (Lipinski definition) is 4. The molecule has 5 heteroatoms. The first-order chi connectivity index (χ1) is 10.6. The molecule has 0 fully saturated rings. The molecule has 0 aromatic heterocycles. The van der Waals surface area contributed by atoms with Crippen molar-refractivity contribution in [3.63, 3.8) is 0 Å². The first kappa shape index (κ1) is 16.2. The van der Waals surface area contributed by atoms with Crippen LogP contribution in [-0.2, 0) is 5.33 Å². The molecule has 2 rings (SSSR count). The van der Waals surface area contributed by atoms with E-state index in [1.165, 1.54) is 26.4 Å². The Bertz CT molecular complexity index is 670. The van der Waals surface area contributed by atoms with Crippen molar-refractivity contribution in [3.05, 3.63) is 59.2 Å². The minimum atomic E-state index is -0.594. The van der Waals surface area contributed by atoms with Gasteiger partial charge in [-0.05, 0) is 17.7 Å². The van der Waals surface area contributed by atoms with E-state index in [4.69, 9.17) is 9.47 Å². The molecule has 114 valence electrons. The zero-order valence-electron chi connectivity index (χ0n) is 12.3. The maximum absolute atomic E-state index is 12.4. The summed E-state index contributed by atoms with van der Waals surface area (Å²) in [4.78, 5) is 24.7. The van der Waals surface area contributed by atoms with Crippen LogP contribution in [0.15, 0.2) is 42.5 Å². The van der Waals surface area contributed by atoms with E-state index in [2.05, 4.69) is 15.9 Å². The standard InChI is InChI=1S/C17H15BrO4/c1-21-14-7-13(8-15(9-14)22-2)17(20)16(19)12-5-3-11(10-18)4-6-12/h3-9H,10H2,1-2H3. The average molecular weight is 363 g/mol. The van der Waals surface area contributed by atoms with Crippen LogP contribution in [0, 0.1) is 0 Å². The van der Waals surface area contributed by atoms with Gasteiger partial charge >= 0.3 is 0 Å². The molecular weight excluding hydrogens is 348 g/mol. The van der Waals surface area contributed by atoms with E-state index in [0.29, 0.717) is 22.4 Å². The molecule has 22 heavy (non-hydrogen) atoms. The third kappa shape index (κ3) is 3.54. The Labute approximate surface area is 137 Å². The highest BCUT2D eigenvalue weighted by Crippen LogP contribution is 2.23. The highest BCUT2D eigenvalue weighted by atomic mass is 79.9. The van der Waals surface area contributed by atoms with E-state index < -0.39 is 11.6 Å². The van der Waals surface area contributed by atoms with Crippen molar-refractivity contribution < 1.29 is 19.1 Å². The SMILES string of the molecule is COc1cc(OC)cc(C(=O)C(=O)c2ccc(CBr)cc2)c1. The van der Waals surface area contributed by atoms with E-state index >= 15 is 0 Å². The number of ketones is 2. The van der Waals surface area contributed by atoms with Crippen molar-refractivity contribution in [3.8, 4) is 11.5 Å². The molecule has 0 aliphatic heterocycles. The molecule has 0 aliphatic rings. The van der Waals surface area contributed by atoms with E-state index in [1.807, 2.05) is 0 Å². The van der Waals surface area contributed by atoms with Crippen molar-refractivity contribution in [2.75, 3.05) is 14.2 Å². The lowest BCUT2D eigenvalue weighted by Crippen LogP contribution is -2.14. The lowest BCUT2D eigenvalue weighted by atomic mass is 10.0. The third-order valence-corrected chi connectivity index (χ3v) is 3.84. The van der Waals surface area contributed by atoms with Crippen LogP contribution in [-0.4, -0.2) is 25.8 Å². The van der Waals surface area contributed by atoms with Gasteiger partial charge in [-0.3, -0.25) is 9.59 Å². The number of alkyl halides is 1. The number of Topliss-reactive ketones (excluding diaryl/α,β-unsaturated/α-hetero) is 2. The maximum Gasteiger partial charge on any atom is 0.233 e. The van der Waals surface area contributed by atoms with Gasteiger partial charge in [-0.1, -0.05) is 40.2 Å². The molecule has 0 aliphatic carbocycles. The molecule has 2 aromatic rings. The molecule has 0 heterocycles. The Morgan fingerprint density at radius 2 is 1.36 bits per heavy atom. The number of halogens is 1. The minimum absolute atomic E-state index is 0.241. The van der Waals surface area contributed by atoms with Gasteiger partial charge in [0, 0.05) is 22.5 Å². The lowest BCUT2D eigenvalue weighted by molar-refractivity contribution is 0.0816. The van der Waals surface area contributed by atoms with Gasteiger partial charge < -0.3 is 9.47 Å². The second-order valence-corrected chi connectivity index (χ2v) is 5.15. The number of hydrogen-bond donors (Lipinski definition) is 0. The zero-order chi connectivity index (χ0) is 16.1. The number of rotatable bonds is 6. The summed E-state index contributed by atoms with van der Waals surface area (Å²) in [6, 6.07) is 11.6. The molecule has 0 spiro atoms. The van der Waals surface area contributed by atoms with Crippen LogP contribution >= 0.6 is 15.9 Å². The predicted molar refractivity (Wildman–Crippen MR) is 87.3 cm³/mol. The van der Waals surface area contributed by atoms with Crippen molar-refractivity contribution in [1.29, 1.82) is 0 Å². The molecule has 0 radical (unpaired) electrons. The van der Waals surface area contributed by atoms with Crippen molar-refractivity contribution in [1.82, 2.24) is 0 Å².